The van der Waals surface area contributed by atoms with Crippen LogP contribution in [0.3, 0.4) is 0 Å². The summed E-state index contributed by atoms with van der Waals surface area (Å²) in [5, 5.41) is 7.46. The van der Waals surface area contributed by atoms with Crippen LogP contribution in [0, 0.1) is 0 Å². The summed E-state index contributed by atoms with van der Waals surface area (Å²) in [6.45, 7) is 0.112. The fourth-order valence-electron chi connectivity index (χ4n) is 2.33. The predicted molar refractivity (Wildman–Crippen MR) is 114 cm³/mol. The van der Waals surface area contributed by atoms with Crippen molar-refractivity contribution in [2.24, 2.45) is 5.10 Å². The van der Waals surface area contributed by atoms with Crippen LogP contribution < -0.4 is 15.5 Å². The third kappa shape index (κ3) is 6.48. The first-order chi connectivity index (χ1) is 14.1. The monoisotopic (exact) mass is 407 g/mol. The number of para-hydroxylation sites is 1. The third-order valence-corrected chi connectivity index (χ3v) is 4.05. The van der Waals surface area contributed by atoms with Crippen molar-refractivity contribution < 1.29 is 14.3 Å². The summed E-state index contributed by atoms with van der Waals surface area (Å²) in [4.78, 5) is 23.9. The van der Waals surface area contributed by atoms with Crippen LogP contribution in [0.25, 0.3) is 0 Å². The van der Waals surface area contributed by atoms with E-state index in [0.717, 1.165) is 11.3 Å². The van der Waals surface area contributed by atoms with Gasteiger partial charge in [0.25, 0.3) is 5.91 Å². The van der Waals surface area contributed by atoms with E-state index in [9.17, 15) is 9.59 Å². The van der Waals surface area contributed by atoms with Crippen molar-refractivity contribution in [2.45, 2.75) is 0 Å². The zero-order valence-electron chi connectivity index (χ0n) is 15.3. The van der Waals surface area contributed by atoms with Gasteiger partial charge in [0, 0.05) is 10.7 Å². The van der Waals surface area contributed by atoms with E-state index in [2.05, 4.69) is 15.8 Å². The fourth-order valence-corrected chi connectivity index (χ4v) is 2.46. The number of rotatable bonds is 7. The summed E-state index contributed by atoms with van der Waals surface area (Å²) >= 11 is 5.81. The lowest BCUT2D eigenvalue weighted by atomic mass is 10.2. The van der Waals surface area contributed by atoms with Crippen molar-refractivity contribution in [1.82, 2.24) is 5.43 Å². The Morgan fingerprint density at radius 2 is 1.62 bits per heavy atom. The molecule has 3 aromatic rings. The molecule has 0 heterocycles. The van der Waals surface area contributed by atoms with Crippen LogP contribution >= 0.6 is 11.6 Å². The first-order valence-electron chi connectivity index (χ1n) is 8.79. The second kappa shape index (κ2) is 10.1. The number of benzene rings is 3. The van der Waals surface area contributed by atoms with Crippen LogP contribution in [0.15, 0.2) is 84.0 Å². The molecule has 6 nitrogen and oxygen atoms in total. The Kier molecular flexibility index (Phi) is 6.97. The number of anilines is 1. The van der Waals surface area contributed by atoms with Gasteiger partial charge in [-0.25, -0.2) is 10.2 Å². The molecule has 0 fully saturated rings. The molecule has 0 radical (unpaired) electrons. The van der Waals surface area contributed by atoms with Gasteiger partial charge in [-0.15, -0.1) is 0 Å². The van der Waals surface area contributed by atoms with Crippen LogP contribution in [0.5, 0.6) is 5.75 Å². The van der Waals surface area contributed by atoms with Gasteiger partial charge in [0.15, 0.2) is 0 Å². The standard InChI is InChI=1S/C22H18ClN3O3/c23-18-10-8-17(9-11-18)22(28)29-20-12-6-16(7-13-20)14-25-26-21(27)15-24-19-4-2-1-3-5-19/h1-14,24H,15H2,(H,26,27). The van der Waals surface area contributed by atoms with Gasteiger partial charge in [0.1, 0.15) is 5.75 Å². The summed E-state index contributed by atoms with van der Waals surface area (Å²) in [6, 6.07) is 22.6. The highest BCUT2D eigenvalue weighted by Gasteiger charge is 2.08. The van der Waals surface area contributed by atoms with E-state index in [1.165, 1.54) is 6.21 Å². The van der Waals surface area contributed by atoms with Crippen LogP contribution in [-0.4, -0.2) is 24.6 Å². The van der Waals surface area contributed by atoms with Crippen molar-refractivity contribution >= 4 is 35.4 Å². The van der Waals surface area contributed by atoms with E-state index in [1.54, 1.807) is 48.5 Å². The highest BCUT2D eigenvalue weighted by molar-refractivity contribution is 6.30. The highest BCUT2D eigenvalue weighted by atomic mass is 35.5. The van der Waals surface area contributed by atoms with E-state index < -0.39 is 5.97 Å². The minimum atomic E-state index is -0.471. The van der Waals surface area contributed by atoms with Crippen molar-refractivity contribution in [3.63, 3.8) is 0 Å². The quantitative estimate of drug-likeness (QED) is 0.267. The van der Waals surface area contributed by atoms with E-state index in [4.69, 9.17) is 16.3 Å². The lowest BCUT2D eigenvalue weighted by Gasteiger charge is -2.05. The molecular weight excluding hydrogens is 390 g/mol. The first kappa shape index (κ1) is 20.1. The van der Waals surface area contributed by atoms with Crippen molar-refractivity contribution in [2.75, 3.05) is 11.9 Å². The molecule has 0 saturated carbocycles. The van der Waals surface area contributed by atoms with Gasteiger partial charge in [-0.1, -0.05) is 29.8 Å². The summed E-state index contributed by atoms with van der Waals surface area (Å²) in [5.74, 6) is -0.335. The summed E-state index contributed by atoms with van der Waals surface area (Å²) < 4.78 is 5.31. The highest BCUT2D eigenvalue weighted by Crippen LogP contribution is 2.15. The SMILES string of the molecule is O=C(CNc1ccccc1)NN=Cc1ccc(OC(=O)c2ccc(Cl)cc2)cc1. The number of hydrogen-bond donors (Lipinski definition) is 2. The molecule has 0 aromatic heterocycles. The zero-order valence-corrected chi connectivity index (χ0v) is 16.1. The number of amides is 1. The zero-order chi connectivity index (χ0) is 20.5. The van der Waals surface area contributed by atoms with Gasteiger partial charge < -0.3 is 10.1 Å². The number of nitrogens with one attached hydrogen (secondary N) is 2. The number of esters is 1. The molecule has 29 heavy (non-hydrogen) atoms. The summed E-state index contributed by atoms with van der Waals surface area (Å²) in [6.07, 6.45) is 1.51. The Morgan fingerprint density at radius 3 is 2.31 bits per heavy atom. The Labute approximate surface area is 173 Å². The number of nitrogens with zero attached hydrogens (tertiary/aromatic N) is 1. The molecule has 0 aliphatic carbocycles. The number of carbonyl (C=O) groups is 2. The molecule has 0 aliphatic rings. The number of hydrazone groups is 1. The minimum absolute atomic E-state index is 0.112. The van der Waals surface area contributed by atoms with E-state index in [0.29, 0.717) is 16.3 Å². The average molecular weight is 408 g/mol. The van der Waals surface area contributed by atoms with Gasteiger partial charge in [-0.05, 0) is 66.2 Å². The predicted octanol–water partition coefficient (Wildman–Crippen LogP) is 4.12. The van der Waals surface area contributed by atoms with Gasteiger partial charge in [-0.2, -0.15) is 5.10 Å². The average Bonchev–Trinajstić information content (AvgIpc) is 2.75. The lowest BCUT2D eigenvalue weighted by Crippen LogP contribution is -2.25. The first-order valence-corrected chi connectivity index (χ1v) is 9.16. The molecule has 3 rings (SSSR count). The van der Waals surface area contributed by atoms with Gasteiger partial charge in [0.05, 0.1) is 18.3 Å². The minimum Gasteiger partial charge on any atom is -0.423 e. The van der Waals surface area contributed by atoms with Crippen molar-refractivity contribution in [1.29, 1.82) is 0 Å². The maximum atomic E-state index is 12.1. The van der Waals surface area contributed by atoms with E-state index >= 15 is 0 Å². The molecule has 0 bridgehead atoms. The summed E-state index contributed by atoms with van der Waals surface area (Å²) in [5.41, 5.74) is 4.46. The lowest BCUT2D eigenvalue weighted by molar-refractivity contribution is -0.119. The largest absolute Gasteiger partial charge is 0.423 e. The van der Waals surface area contributed by atoms with Gasteiger partial charge in [0.2, 0.25) is 0 Å². The molecule has 0 saturated heterocycles. The molecule has 146 valence electrons. The maximum Gasteiger partial charge on any atom is 0.343 e. The Bertz CT molecular complexity index is 988. The van der Waals surface area contributed by atoms with Crippen molar-refractivity contribution in [3.8, 4) is 5.75 Å². The second-order valence-corrected chi connectivity index (χ2v) is 6.41. The Morgan fingerprint density at radius 1 is 0.931 bits per heavy atom. The topological polar surface area (TPSA) is 79.8 Å². The number of hydrogen-bond acceptors (Lipinski definition) is 5. The Hall–Kier alpha value is -3.64. The van der Waals surface area contributed by atoms with Crippen LogP contribution in [0.1, 0.15) is 15.9 Å². The molecule has 0 atom stereocenters. The third-order valence-electron chi connectivity index (χ3n) is 3.80. The molecule has 0 aliphatic heterocycles. The molecule has 1 amide bonds. The number of carbonyl (C=O) groups excluding carboxylic acids is 2. The molecule has 3 aromatic carbocycles. The van der Waals surface area contributed by atoms with Crippen molar-refractivity contribution in [3.05, 3.63) is 95.0 Å². The smallest absolute Gasteiger partial charge is 0.343 e. The molecule has 7 heteroatoms. The number of halogens is 1. The van der Waals surface area contributed by atoms with Crippen LogP contribution in [0.4, 0.5) is 5.69 Å². The summed E-state index contributed by atoms with van der Waals surface area (Å²) in [7, 11) is 0. The van der Waals surface area contributed by atoms with Gasteiger partial charge in [-0.3, -0.25) is 4.79 Å². The number of ether oxygens (including phenoxy) is 1. The second-order valence-electron chi connectivity index (χ2n) is 5.98. The van der Waals surface area contributed by atoms with E-state index in [-0.39, 0.29) is 12.5 Å². The molecular formula is C22H18ClN3O3. The van der Waals surface area contributed by atoms with Gasteiger partial charge >= 0.3 is 5.97 Å². The molecule has 0 unspecified atom stereocenters. The van der Waals surface area contributed by atoms with E-state index in [1.807, 2.05) is 30.3 Å². The molecule has 2 N–H and O–H groups in total. The normalized spacial score (nSPS) is 10.5. The molecule has 0 spiro atoms. The fraction of sp³-hybridized carbons (Fsp3) is 0.0455. The van der Waals surface area contributed by atoms with Crippen LogP contribution in [-0.2, 0) is 4.79 Å². The maximum absolute atomic E-state index is 12.1. The van der Waals surface area contributed by atoms with Crippen LogP contribution in [0.2, 0.25) is 5.02 Å². The Balaban J connectivity index is 1.46.